The summed E-state index contributed by atoms with van der Waals surface area (Å²) in [6, 6.07) is 6.54. The molecule has 1 unspecified atom stereocenters. The number of aliphatic hydroxyl groups is 1. The van der Waals surface area contributed by atoms with Gasteiger partial charge in [0, 0.05) is 5.69 Å². The first-order valence-corrected chi connectivity index (χ1v) is 3.76. The second-order valence-corrected chi connectivity index (χ2v) is 3.06. The number of rotatable bonds is 1. The molecule has 0 aliphatic carbocycles. The normalized spacial score (nSPS) is 14.6. The van der Waals surface area contributed by atoms with Gasteiger partial charge in [0.15, 0.2) is 0 Å². The SMILES string of the molecule is CC(N)(O)c1ccc(N)c(C#N)c1. The smallest absolute Gasteiger partial charge is 0.136 e. The van der Waals surface area contributed by atoms with Gasteiger partial charge in [-0.2, -0.15) is 5.26 Å². The fourth-order valence-corrected chi connectivity index (χ4v) is 0.968. The molecule has 0 aromatic heterocycles. The molecule has 1 aromatic rings. The Labute approximate surface area is 76.4 Å². The van der Waals surface area contributed by atoms with Gasteiger partial charge in [-0.3, -0.25) is 0 Å². The van der Waals surface area contributed by atoms with Gasteiger partial charge in [-0.15, -0.1) is 0 Å². The van der Waals surface area contributed by atoms with Crippen molar-refractivity contribution in [2.75, 3.05) is 5.73 Å². The molecule has 0 bridgehead atoms. The Morgan fingerprint density at radius 1 is 1.54 bits per heavy atom. The van der Waals surface area contributed by atoms with E-state index < -0.39 is 5.72 Å². The minimum Gasteiger partial charge on any atom is -0.398 e. The maximum atomic E-state index is 9.43. The molecule has 1 rings (SSSR count). The number of hydrogen-bond donors (Lipinski definition) is 3. The monoisotopic (exact) mass is 177 g/mol. The van der Waals surface area contributed by atoms with Crippen LogP contribution in [0.2, 0.25) is 0 Å². The van der Waals surface area contributed by atoms with E-state index in [1.165, 1.54) is 13.0 Å². The molecule has 68 valence electrons. The number of nitrogen functional groups attached to an aromatic ring is 1. The van der Waals surface area contributed by atoms with Crippen LogP contribution in [0.4, 0.5) is 5.69 Å². The molecule has 0 amide bonds. The predicted molar refractivity (Wildman–Crippen MR) is 49.3 cm³/mol. The molecule has 5 N–H and O–H groups in total. The standard InChI is InChI=1S/C9H11N3O/c1-9(12,13)7-2-3-8(11)6(4-7)5-10/h2-4,13H,11-12H2,1H3. The molecule has 0 fully saturated rings. The second-order valence-electron chi connectivity index (χ2n) is 3.06. The van der Waals surface area contributed by atoms with E-state index in [0.29, 0.717) is 16.8 Å². The van der Waals surface area contributed by atoms with Gasteiger partial charge in [-0.25, -0.2) is 0 Å². The third-order valence-corrected chi connectivity index (χ3v) is 1.76. The van der Waals surface area contributed by atoms with E-state index >= 15 is 0 Å². The van der Waals surface area contributed by atoms with E-state index in [1.807, 2.05) is 6.07 Å². The Morgan fingerprint density at radius 2 is 2.15 bits per heavy atom. The lowest BCUT2D eigenvalue weighted by molar-refractivity contribution is 0.0647. The van der Waals surface area contributed by atoms with E-state index in [-0.39, 0.29) is 0 Å². The topological polar surface area (TPSA) is 96.1 Å². The first-order chi connectivity index (χ1) is 5.95. The van der Waals surface area contributed by atoms with Crippen LogP contribution in [0.15, 0.2) is 18.2 Å². The van der Waals surface area contributed by atoms with Crippen LogP contribution in [-0.4, -0.2) is 5.11 Å². The Hall–Kier alpha value is -1.57. The maximum absolute atomic E-state index is 9.43. The second kappa shape index (κ2) is 3.05. The zero-order chi connectivity index (χ0) is 10.1. The van der Waals surface area contributed by atoms with Gasteiger partial charge < -0.3 is 16.6 Å². The summed E-state index contributed by atoms with van der Waals surface area (Å²) in [5, 5.41) is 18.1. The Balaban J connectivity index is 3.24. The lowest BCUT2D eigenvalue weighted by atomic mass is 10.0. The van der Waals surface area contributed by atoms with Gasteiger partial charge in [0.05, 0.1) is 5.56 Å². The Kier molecular flexibility index (Phi) is 2.24. The van der Waals surface area contributed by atoms with Crippen LogP contribution in [0.25, 0.3) is 0 Å². The lowest BCUT2D eigenvalue weighted by Crippen LogP contribution is -2.32. The summed E-state index contributed by atoms with van der Waals surface area (Å²) in [5.41, 5.74) is 10.7. The summed E-state index contributed by atoms with van der Waals surface area (Å²) < 4.78 is 0. The molecule has 0 saturated carbocycles. The van der Waals surface area contributed by atoms with Gasteiger partial charge in [0.2, 0.25) is 0 Å². The van der Waals surface area contributed by atoms with Crippen molar-refractivity contribution in [3.8, 4) is 6.07 Å². The fraction of sp³-hybridized carbons (Fsp3) is 0.222. The van der Waals surface area contributed by atoms with E-state index in [4.69, 9.17) is 16.7 Å². The highest BCUT2D eigenvalue weighted by molar-refractivity contribution is 5.55. The molecule has 0 heterocycles. The minimum absolute atomic E-state index is 0.322. The van der Waals surface area contributed by atoms with Crippen LogP contribution in [0, 0.1) is 11.3 Å². The van der Waals surface area contributed by atoms with Crippen molar-refractivity contribution < 1.29 is 5.11 Å². The summed E-state index contributed by atoms with van der Waals surface area (Å²) in [4.78, 5) is 0. The zero-order valence-electron chi connectivity index (χ0n) is 7.28. The summed E-state index contributed by atoms with van der Waals surface area (Å²) in [6.45, 7) is 1.44. The van der Waals surface area contributed by atoms with E-state index in [0.717, 1.165) is 0 Å². The molecule has 0 radical (unpaired) electrons. The number of hydrogen-bond acceptors (Lipinski definition) is 4. The molecular weight excluding hydrogens is 166 g/mol. The minimum atomic E-state index is -1.43. The molecule has 0 aliphatic heterocycles. The number of nitrogens with two attached hydrogens (primary N) is 2. The maximum Gasteiger partial charge on any atom is 0.136 e. The van der Waals surface area contributed by atoms with Gasteiger partial charge >= 0.3 is 0 Å². The van der Waals surface area contributed by atoms with E-state index in [9.17, 15) is 5.11 Å². The quantitative estimate of drug-likeness (QED) is 0.423. The van der Waals surface area contributed by atoms with Crippen molar-refractivity contribution in [1.29, 1.82) is 5.26 Å². The molecule has 0 saturated heterocycles. The van der Waals surface area contributed by atoms with Crippen molar-refractivity contribution in [3.63, 3.8) is 0 Å². The van der Waals surface area contributed by atoms with Gasteiger partial charge in [0.25, 0.3) is 0 Å². The Morgan fingerprint density at radius 3 is 2.62 bits per heavy atom. The third-order valence-electron chi connectivity index (χ3n) is 1.76. The van der Waals surface area contributed by atoms with Crippen LogP contribution >= 0.6 is 0 Å². The van der Waals surface area contributed by atoms with Crippen molar-refractivity contribution >= 4 is 5.69 Å². The van der Waals surface area contributed by atoms with Gasteiger partial charge in [-0.1, -0.05) is 6.07 Å². The summed E-state index contributed by atoms with van der Waals surface area (Å²) in [5.74, 6) is 0. The number of anilines is 1. The largest absolute Gasteiger partial charge is 0.398 e. The average molecular weight is 177 g/mol. The molecular formula is C9H11N3O. The predicted octanol–water partition coefficient (Wildman–Crippen LogP) is 0.264. The lowest BCUT2D eigenvalue weighted by Gasteiger charge is -2.17. The van der Waals surface area contributed by atoms with E-state index in [1.54, 1.807) is 12.1 Å². The first kappa shape index (κ1) is 9.52. The van der Waals surface area contributed by atoms with Crippen LogP contribution in [0.1, 0.15) is 18.1 Å². The fourth-order valence-electron chi connectivity index (χ4n) is 0.968. The van der Waals surface area contributed by atoms with Gasteiger partial charge in [0.1, 0.15) is 11.8 Å². The highest BCUT2D eigenvalue weighted by atomic mass is 16.3. The van der Waals surface area contributed by atoms with Crippen molar-refractivity contribution in [3.05, 3.63) is 29.3 Å². The Bertz CT molecular complexity index is 360. The zero-order valence-corrected chi connectivity index (χ0v) is 7.28. The molecule has 0 spiro atoms. The van der Waals surface area contributed by atoms with E-state index in [2.05, 4.69) is 0 Å². The average Bonchev–Trinajstić information content (AvgIpc) is 2.03. The molecule has 1 aromatic carbocycles. The number of nitriles is 1. The molecule has 13 heavy (non-hydrogen) atoms. The van der Waals surface area contributed by atoms with Crippen LogP contribution < -0.4 is 11.5 Å². The van der Waals surface area contributed by atoms with Gasteiger partial charge in [-0.05, 0) is 24.6 Å². The van der Waals surface area contributed by atoms with Crippen LogP contribution in [0.3, 0.4) is 0 Å². The molecule has 4 nitrogen and oxygen atoms in total. The molecule has 4 heteroatoms. The van der Waals surface area contributed by atoms with Crippen molar-refractivity contribution in [2.45, 2.75) is 12.6 Å². The van der Waals surface area contributed by atoms with Crippen LogP contribution in [0.5, 0.6) is 0 Å². The molecule has 0 aliphatic rings. The summed E-state index contributed by atoms with van der Waals surface area (Å²) in [7, 11) is 0. The highest BCUT2D eigenvalue weighted by Gasteiger charge is 2.17. The van der Waals surface area contributed by atoms with Crippen molar-refractivity contribution in [1.82, 2.24) is 0 Å². The summed E-state index contributed by atoms with van der Waals surface area (Å²) in [6.07, 6.45) is 0. The first-order valence-electron chi connectivity index (χ1n) is 3.76. The number of nitrogens with zero attached hydrogens (tertiary/aromatic N) is 1. The van der Waals surface area contributed by atoms with Crippen LogP contribution in [-0.2, 0) is 5.72 Å². The number of benzene rings is 1. The molecule has 1 atom stereocenters. The summed E-state index contributed by atoms with van der Waals surface area (Å²) >= 11 is 0. The highest BCUT2D eigenvalue weighted by Crippen LogP contribution is 2.19. The third kappa shape index (κ3) is 1.96. The van der Waals surface area contributed by atoms with Crippen molar-refractivity contribution in [2.24, 2.45) is 5.73 Å².